The summed E-state index contributed by atoms with van der Waals surface area (Å²) in [5.41, 5.74) is 4.77. The monoisotopic (exact) mass is 304 g/mol. The molecule has 1 atom stereocenters. The zero-order valence-corrected chi connectivity index (χ0v) is 14.1. The largest absolute Gasteiger partial charge is 0.377 e. The van der Waals surface area contributed by atoms with Crippen LogP contribution in [-0.2, 0) is 0 Å². The van der Waals surface area contributed by atoms with E-state index in [0.29, 0.717) is 12.0 Å². The highest BCUT2D eigenvalue weighted by Gasteiger charge is 2.15. The fourth-order valence-corrected chi connectivity index (χ4v) is 3.05. The summed E-state index contributed by atoms with van der Waals surface area (Å²) in [7, 11) is 0. The molecule has 0 bridgehead atoms. The molecule has 0 saturated heterocycles. The van der Waals surface area contributed by atoms with E-state index in [4.69, 9.17) is 0 Å². The summed E-state index contributed by atoms with van der Waals surface area (Å²) in [6.07, 6.45) is 3.06. The Bertz CT molecular complexity index is 778. The van der Waals surface area contributed by atoms with Crippen molar-refractivity contribution in [3.8, 4) is 0 Å². The lowest BCUT2D eigenvalue weighted by molar-refractivity contribution is 0.531. The third kappa shape index (κ3) is 3.53. The number of pyridine rings is 1. The molecular weight excluding hydrogens is 280 g/mol. The van der Waals surface area contributed by atoms with Crippen LogP contribution in [0.2, 0.25) is 0 Å². The van der Waals surface area contributed by atoms with Gasteiger partial charge in [0.2, 0.25) is 0 Å². The molecule has 0 spiro atoms. The summed E-state index contributed by atoms with van der Waals surface area (Å²) in [6, 6.07) is 19.3. The van der Waals surface area contributed by atoms with Gasteiger partial charge in [0.1, 0.15) is 0 Å². The van der Waals surface area contributed by atoms with Gasteiger partial charge in [0, 0.05) is 5.39 Å². The molecule has 2 nitrogen and oxygen atoms in total. The fourth-order valence-electron chi connectivity index (χ4n) is 3.05. The molecule has 2 aromatic carbocycles. The summed E-state index contributed by atoms with van der Waals surface area (Å²) < 4.78 is 0. The number of hydrogen-bond donors (Lipinski definition) is 1. The third-order valence-corrected chi connectivity index (χ3v) is 4.28. The molecule has 23 heavy (non-hydrogen) atoms. The van der Waals surface area contributed by atoms with E-state index >= 15 is 0 Å². The van der Waals surface area contributed by atoms with Crippen LogP contribution in [-0.4, -0.2) is 4.98 Å². The predicted octanol–water partition coefficient (Wildman–Crippen LogP) is 5.74. The summed E-state index contributed by atoms with van der Waals surface area (Å²) >= 11 is 0. The van der Waals surface area contributed by atoms with Crippen molar-refractivity contribution in [2.75, 3.05) is 5.32 Å². The molecule has 1 N–H and O–H groups in total. The lowest BCUT2D eigenvalue weighted by Crippen LogP contribution is -2.14. The molecule has 0 saturated carbocycles. The number of nitrogens with one attached hydrogen (secondary N) is 1. The van der Waals surface area contributed by atoms with E-state index < -0.39 is 0 Å². The Kier molecular flexibility index (Phi) is 4.61. The van der Waals surface area contributed by atoms with Gasteiger partial charge in [0.25, 0.3) is 0 Å². The zero-order valence-electron chi connectivity index (χ0n) is 14.1. The molecule has 1 aromatic heterocycles. The van der Waals surface area contributed by atoms with E-state index in [1.807, 2.05) is 12.3 Å². The summed E-state index contributed by atoms with van der Waals surface area (Å²) in [5, 5.41) is 4.94. The van der Waals surface area contributed by atoms with Crippen LogP contribution in [0, 0.1) is 12.8 Å². The smallest absolute Gasteiger partial charge is 0.0706 e. The highest BCUT2D eigenvalue weighted by molar-refractivity contribution is 5.86. The zero-order chi connectivity index (χ0) is 16.2. The Morgan fingerprint density at radius 1 is 0.957 bits per heavy atom. The van der Waals surface area contributed by atoms with Crippen LogP contribution in [0.4, 0.5) is 5.69 Å². The Morgan fingerprint density at radius 2 is 1.65 bits per heavy atom. The van der Waals surface area contributed by atoms with Gasteiger partial charge in [-0.3, -0.25) is 4.98 Å². The second-order valence-electron chi connectivity index (χ2n) is 6.55. The van der Waals surface area contributed by atoms with Crippen molar-refractivity contribution >= 4 is 16.6 Å². The fraction of sp³-hybridized carbons (Fsp3) is 0.286. The third-order valence-electron chi connectivity index (χ3n) is 4.28. The molecule has 0 aliphatic rings. The van der Waals surface area contributed by atoms with Gasteiger partial charge < -0.3 is 5.32 Å². The topological polar surface area (TPSA) is 24.9 Å². The quantitative estimate of drug-likeness (QED) is 0.650. The number of benzene rings is 2. The van der Waals surface area contributed by atoms with Crippen LogP contribution in [0.3, 0.4) is 0 Å². The lowest BCUT2D eigenvalue weighted by atomic mass is 9.96. The number of nitrogens with zero attached hydrogens (tertiary/aromatic N) is 1. The van der Waals surface area contributed by atoms with Crippen LogP contribution in [0.1, 0.15) is 37.4 Å². The van der Waals surface area contributed by atoms with Gasteiger partial charge in [-0.1, -0.05) is 62.4 Å². The second kappa shape index (κ2) is 6.82. The molecule has 2 heteroatoms. The van der Waals surface area contributed by atoms with Crippen LogP contribution >= 0.6 is 0 Å². The van der Waals surface area contributed by atoms with Crippen molar-refractivity contribution in [1.82, 2.24) is 4.98 Å². The van der Waals surface area contributed by atoms with Crippen LogP contribution < -0.4 is 5.32 Å². The maximum absolute atomic E-state index is 4.61. The minimum Gasteiger partial charge on any atom is -0.377 e. The summed E-state index contributed by atoms with van der Waals surface area (Å²) in [4.78, 5) is 4.61. The molecule has 0 fully saturated rings. The number of anilines is 1. The maximum Gasteiger partial charge on any atom is 0.0706 e. The van der Waals surface area contributed by atoms with Gasteiger partial charge in [-0.2, -0.15) is 0 Å². The first kappa shape index (κ1) is 15.5. The standard InChI is InChI=1S/C21H24N2/c1-15(2)13-20(17-9-5-4-6-10-17)23-21-14-22-19-12-8-7-11-18(19)16(21)3/h4-12,14-15,20,23H,13H2,1-3H3. The first-order valence-corrected chi connectivity index (χ1v) is 8.31. The second-order valence-corrected chi connectivity index (χ2v) is 6.55. The normalized spacial score (nSPS) is 12.5. The first-order chi connectivity index (χ1) is 11.1. The highest BCUT2D eigenvalue weighted by Crippen LogP contribution is 2.30. The van der Waals surface area contributed by atoms with Crippen molar-refractivity contribution in [1.29, 1.82) is 0 Å². The van der Waals surface area contributed by atoms with Gasteiger partial charge in [-0.05, 0) is 36.5 Å². The summed E-state index contributed by atoms with van der Waals surface area (Å²) in [6.45, 7) is 6.70. The number of aryl methyl sites for hydroxylation is 1. The van der Waals surface area contributed by atoms with Gasteiger partial charge in [-0.15, -0.1) is 0 Å². The van der Waals surface area contributed by atoms with Crippen molar-refractivity contribution in [2.45, 2.75) is 33.2 Å². The molecule has 3 rings (SSSR count). The average Bonchev–Trinajstić information content (AvgIpc) is 2.57. The molecule has 0 radical (unpaired) electrons. The van der Waals surface area contributed by atoms with E-state index in [0.717, 1.165) is 17.6 Å². The van der Waals surface area contributed by atoms with Gasteiger partial charge >= 0.3 is 0 Å². The van der Waals surface area contributed by atoms with E-state index in [2.05, 4.69) is 79.6 Å². The number of hydrogen-bond acceptors (Lipinski definition) is 2. The van der Waals surface area contributed by atoms with E-state index in [9.17, 15) is 0 Å². The number of para-hydroxylation sites is 1. The Labute approximate surface area is 138 Å². The Hall–Kier alpha value is -2.35. The minimum atomic E-state index is 0.304. The minimum absolute atomic E-state index is 0.304. The number of fused-ring (bicyclic) bond motifs is 1. The maximum atomic E-state index is 4.61. The number of rotatable bonds is 5. The number of aromatic nitrogens is 1. The van der Waals surface area contributed by atoms with Crippen molar-refractivity contribution < 1.29 is 0 Å². The van der Waals surface area contributed by atoms with Crippen molar-refractivity contribution in [2.24, 2.45) is 5.92 Å². The average molecular weight is 304 g/mol. The van der Waals surface area contributed by atoms with Gasteiger partial charge in [0.05, 0.1) is 23.4 Å². The molecule has 3 aromatic rings. The van der Waals surface area contributed by atoms with Crippen LogP contribution in [0.15, 0.2) is 60.8 Å². The molecule has 1 heterocycles. The van der Waals surface area contributed by atoms with E-state index in [-0.39, 0.29) is 0 Å². The molecule has 118 valence electrons. The molecule has 0 aliphatic heterocycles. The molecule has 0 amide bonds. The first-order valence-electron chi connectivity index (χ1n) is 8.31. The predicted molar refractivity (Wildman–Crippen MR) is 98.7 cm³/mol. The van der Waals surface area contributed by atoms with Crippen molar-refractivity contribution in [3.63, 3.8) is 0 Å². The van der Waals surface area contributed by atoms with Gasteiger partial charge in [0.15, 0.2) is 0 Å². The van der Waals surface area contributed by atoms with E-state index in [1.165, 1.54) is 16.5 Å². The molecule has 0 aliphatic carbocycles. The highest BCUT2D eigenvalue weighted by atomic mass is 14.9. The van der Waals surface area contributed by atoms with E-state index in [1.54, 1.807) is 0 Å². The molecule has 1 unspecified atom stereocenters. The Balaban J connectivity index is 1.95. The summed E-state index contributed by atoms with van der Waals surface area (Å²) in [5.74, 6) is 0.626. The van der Waals surface area contributed by atoms with Gasteiger partial charge in [-0.25, -0.2) is 0 Å². The van der Waals surface area contributed by atoms with Crippen molar-refractivity contribution in [3.05, 3.63) is 71.9 Å². The molecular formula is C21H24N2. The lowest BCUT2D eigenvalue weighted by Gasteiger charge is -2.23. The SMILES string of the molecule is Cc1c(NC(CC(C)C)c2ccccc2)cnc2ccccc12. The Morgan fingerprint density at radius 3 is 2.39 bits per heavy atom. The van der Waals surface area contributed by atoms with Crippen LogP contribution in [0.25, 0.3) is 10.9 Å². The van der Waals surface area contributed by atoms with Crippen LogP contribution in [0.5, 0.6) is 0 Å².